The van der Waals surface area contributed by atoms with Crippen molar-refractivity contribution in [2.75, 3.05) is 6.54 Å². The Labute approximate surface area is 137 Å². The van der Waals surface area contributed by atoms with Crippen LogP contribution in [0.4, 0.5) is 0 Å². The van der Waals surface area contributed by atoms with E-state index in [2.05, 4.69) is 44.5 Å². The minimum atomic E-state index is -0.0449. The molecule has 0 bridgehead atoms. The first-order chi connectivity index (χ1) is 11.3. The van der Waals surface area contributed by atoms with Crippen molar-refractivity contribution in [1.29, 1.82) is 0 Å². The van der Waals surface area contributed by atoms with E-state index < -0.39 is 0 Å². The molecule has 1 amide bonds. The fourth-order valence-electron chi connectivity index (χ4n) is 2.97. The van der Waals surface area contributed by atoms with E-state index >= 15 is 0 Å². The Kier molecular flexibility index (Phi) is 5.42. The molecule has 5 heteroatoms. The summed E-state index contributed by atoms with van der Waals surface area (Å²) in [5.74, 6) is 0.993. The summed E-state index contributed by atoms with van der Waals surface area (Å²) in [6.07, 6.45) is 7.94. The van der Waals surface area contributed by atoms with Crippen molar-refractivity contribution >= 4 is 5.91 Å². The highest BCUT2D eigenvalue weighted by molar-refractivity contribution is 5.81. The van der Waals surface area contributed by atoms with Gasteiger partial charge in [0, 0.05) is 18.9 Å². The molecule has 1 aliphatic heterocycles. The number of imidazole rings is 1. The molecule has 2 N–H and O–H groups in total. The number of amides is 1. The number of piperidine rings is 1. The molecular formula is C18H24N4O. The average molecular weight is 312 g/mol. The Hall–Kier alpha value is -2.14. The van der Waals surface area contributed by atoms with E-state index in [1.54, 1.807) is 6.20 Å². The second-order valence-corrected chi connectivity index (χ2v) is 5.99. The third-order valence-corrected chi connectivity index (χ3v) is 4.33. The highest BCUT2D eigenvalue weighted by Crippen LogP contribution is 2.08. The van der Waals surface area contributed by atoms with Gasteiger partial charge in [-0.3, -0.25) is 4.79 Å². The molecule has 122 valence electrons. The summed E-state index contributed by atoms with van der Waals surface area (Å²) in [6, 6.07) is 10.4. The van der Waals surface area contributed by atoms with Gasteiger partial charge in [-0.05, 0) is 31.4 Å². The van der Waals surface area contributed by atoms with Crippen molar-refractivity contribution in [2.45, 2.75) is 44.8 Å². The number of aryl methyl sites for hydroxylation is 2. The van der Waals surface area contributed by atoms with Crippen LogP contribution in [0.1, 0.15) is 30.7 Å². The van der Waals surface area contributed by atoms with Crippen LogP contribution in [0, 0.1) is 0 Å². The van der Waals surface area contributed by atoms with Gasteiger partial charge in [0.1, 0.15) is 5.82 Å². The number of aromatic nitrogens is 2. The maximum absolute atomic E-state index is 12.2. The molecule has 0 radical (unpaired) electrons. The average Bonchev–Trinajstić information content (AvgIpc) is 3.07. The maximum atomic E-state index is 12.2. The summed E-state index contributed by atoms with van der Waals surface area (Å²) in [6.45, 7) is 2.29. The van der Waals surface area contributed by atoms with Crippen molar-refractivity contribution in [1.82, 2.24) is 20.2 Å². The van der Waals surface area contributed by atoms with Gasteiger partial charge >= 0.3 is 0 Å². The lowest BCUT2D eigenvalue weighted by molar-refractivity contribution is -0.123. The number of nitrogens with one attached hydrogen (secondary N) is 2. The third kappa shape index (κ3) is 4.42. The Morgan fingerprint density at radius 1 is 1.30 bits per heavy atom. The summed E-state index contributed by atoms with van der Waals surface area (Å²) in [5, 5.41) is 6.28. The quantitative estimate of drug-likeness (QED) is 0.856. The minimum absolute atomic E-state index is 0.0449. The lowest BCUT2D eigenvalue weighted by Crippen LogP contribution is -2.46. The van der Waals surface area contributed by atoms with E-state index in [0.29, 0.717) is 6.54 Å². The van der Waals surface area contributed by atoms with Crippen LogP contribution in [0.5, 0.6) is 0 Å². The van der Waals surface area contributed by atoms with E-state index in [1.807, 2.05) is 12.3 Å². The summed E-state index contributed by atoms with van der Waals surface area (Å²) in [5.41, 5.74) is 1.31. The van der Waals surface area contributed by atoms with Gasteiger partial charge in [-0.25, -0.2) is 4.98 Å². The smallest absolute Gasteiger partial charge is 0.237 e. The monoisotopic (exact) mass is 312 g/mol. The highest BCUT2D eigenvalue weighted by Gasteiger charge is 2.20. The van der Waals surface area contributed by atoms with Gasteiger partial charge in [0.2, 0.25) is 5.91 Å². The predicted octanol–water partition coefficient (Wildman–Crippen LogP) is 1.88. The summed E-state index contributed by atoms with van der Waals surface area (Å²) in [7, 11) is 0. The van der Waals surface area contributed by atoms with Crippen LogP contribution >= 0.6 is 0 Å². The van der Waals surface area contributed by atoms with E-state index in [4.69, 9.17) is 0 Å². The first kappa shape index (κ1) is 15.7. The molecular weight excluding hydrogens is 288 g/mol. The van der Waals surface area contributed by atoms with E-state index in [9.17, 15) is 4.79 Å². The van der Waals surface area contributed by atoms with Gasteiger partial charge in [0.05, 0.1) is 12.6 Å². The van der Waals surface area contributed by atoms with Crippen molar-refractivity contribution in [3.8, 4) is 0 Å². The van der Waals surface area contributed by atoms with Gasteiger partial charge in [-0.1, -0.05) is 36.8 Å². The molecule has 3 rings (SSSR count). The number of carbonyl (C=O) groups is 1. The van der Waals surface area contributed by atoms with Crippen LogP contribution in [-0.2, 0) is 24.3 Å². The van der Waals surface area contributed by atoms with Crippen LogP contribution in [0.2, 0.25) is 0 Å². The minimum Gasteiger partial charge on any atom is -0.348 e. The molecule has 23 heavy (non-hydrogen) atoms. The molecule has 1 saturated heterocycles. The van der Waals surface area contributed by atoms with Gasteiger partial charge in [0.25, 0.3) is 0 Å². The first-order valence-electron chi connectivity index (χ1n) is 8.38. The van der Waals surface area contributed by atoms with Crippen LogP contribution in [-0.4, -0.2) is 28.0 Å². The van der Waals surface area contributed by atoms with Gasteiger partial charge in [-0.15, -0.1) is 0 Å². The molecule has 0 aliphatic carbocycles. The van der Waals surface area contributed by atoms with Gasteiger partial charge < -0.3 is 15.2 Å². The standard InChI is InChI=1S/C18H24N4O/c23-18(16-8-4-5-10-19-16)21-14-17-20-11-13-22(17)12-9-15-6-2-1-3-7-15/h1-3,6-7,11,13,16,19H,4-5,8-10,12,14H2,(H,21,23)/t16-/m1/s1. The normalized spacial score (nSPS) is 17.8. The van der Waals surface area contributed by atoms with E-state index in [0.717, 1.165) is 44.6 Å². The molecule has 5 nitrogen and oxygen atoms in total. The van der Waals surface area contributed by atoms with Crippen molar-refractivity contribution < 1.29 is 4.79 Å². The first-order valence-corrected chi connectivity index (χ1v) is 8.38. The molecule has 1 aromatic carbocycles. The number of hydrogen-bond acceptors (Lipinski definition) is 3. The Balaban J connectivity index is 1.51. The number of benzene rings is 1. The largest absolute Gasteiger partial charge is 0.348 e. The molecule has 0 unspecified atom stereocenters. The number of nitrogens with zero attached hydrogens (tertiary/aromatic N) is 2. The van der Waals surface area contributed by atoms with Crippen molar-refractivity contribution in [3.05, 3.63) is 54.1 Å². The topological polar surface area (TPSA) is 59.0 Å². The van der Waals surface area contributed by atoms with Crippen LogP contribution in [0.25, 0.3) is 0 Å². The highest BCUT2D eigenvalue weighted by atomic mass is 16.2. The Morgan fingerprint density at radius 2 is 2.17 bits per heavy atom. The summed E-state index contributed by atoms with van der Waals surface area (Å²) >= 11 is 0. The van der Waals surface area contributed by atoms with Crippen LogP contribution < -0.4 is 10.6 Å². The van der Waals surface area contributed by atoms with Gasteiger partial charge in [0.15, 0.2) is 0 Å². The second kappa shape index (κ2) is 7.92. The van der Waals surface area contributed by atoms with E-state index in [-0.39, 0.29) is 11.9 Å². The summed E-state index contributed by atoms with van der Waals surface area (Å²) in [4.78, 5) is 16.5. The molecule has 2 heterocycles. The molecule has 0 saturated carbocycles. The predicted molar refractivity (Wildman–Crippen MR) is 89.9 cm³/mol. The molecule has 1 aromatic heterocycles. The second-order valence-electron chi connectivity index (χ2n) is 5.99. The third-order valence-electron chi connectivity index (χ3n) is 4.33. The molecule has 2 aromatic rings. The number of hydrogen-bond donors (Lipinski definition) is 2. The lowest BCUT2D eigenvalue weighted by atomic mass is 10.0. The Bertz CT molecular complexity index is 617. The fraction of sp³-hybridized carbons (Fsp3) is 0.444. The number of rotatable bonds is 6. The molecule has 1 fully saturated rings. The van der Waals surface area contributed by atoms with Crippen LogP contribution in [0.15, 0.2) is 42.7 Å². The van der Waals surface area contributed by atoms with Crippen LogP contribution in [0.3, 0.4) is 0 Å². The zero-order valence-corrected chi connectivity index (χ0v) is 13.4. The van der Waals surface area contributed by atoms with Gasteiger partial charge in [-0.2, -0.15) is 0 Å². The zero-order chi connectivity index (χ0) is 15.9. The van der Waals surface area contributed by atoms with E-state index in [1.165, 1.54) is 5.56 Å². The number of carbonyl (C=O) groups excluding carboxylic acids is 1. The summed E-state index contributed by atoms with van der Waals surface area (Å²) < 4.78 is 2.11. The molecule has 1 aliphatic rings. The maximum Gasteiger partial charge on any atom is 0.237 e. The molecule has 1 atom stereocenters. The zero-order valence-electron chi connectivity index (χ0n) is 13.4. The fourth-order valence-corrected chi connectivity index (χ4v) is 2.97. The van der Waals surface area contributed by atoms with Crippen molar-refractivity contribution in [3.63, 3.8) is 0 Å². The molecule has 0 spiro atoms. The Morgan fingerprint density at radius 3 is 2.96 bits per heavy atom. The van der Waals surface area contributed by atoms with Crippen molar-refractivity contribution in [2.24, 2.45) is 0 Å². The lowest BCUT2D eigenvalue weighted by Gasteiger charge is -2.22. The SMILES string of the molecule is O=C(NCc1nccn1CCc1ccccc1)[C@H]1CCCCN1.